The Morgan fingerprint density at radius 2 is 1.75 bits per heavy atom. The van der Waals surface area contributed by atoms with E-state index < -0.39 is 21.7 Å². The highest BCUT2D eigenvalue weighted by Gasteiger charge is 2.25. The average molecular weight is 250 g/mol. The summed E-state index contributed by atoms with van der Waals surface area (Å²) in [6.45, 7) is 0. The van der Waals surface area contributed by atoms with Crippen molar-refractivity contribution >= 4 is 16.0 Å². The Labute approximate surface area is 95.5 Å². The van der Waals surface area contributed by atoms with Crippen molar-refractivity contribution in [3.63, 3.8) is 0 Å². The molecule has 0 aromatic carbocycles. The molecule has 0 amide bonds. The molecule has 0 saturated heterocycles. The molecule has 6 nitrogen and oxygen atoms in total. The van der Waals surface area contributed by atoms with Crippen LogP contribution in [0.4, 0.5) is 0 Å². The van der Waals surface area contributed by atoms with E-state index in [-0.39, 0.29) is 6.04 Å². The smallest absolute Gasteiger partial charge is 0.320 e. The van der Waals surface area contributed by atoms with Crippen molar-refractivity contribution in [2.75, 3.05) is 12.8 Å². The van der Waals surface area contributed by atoms with Crippen LogP contribution in [0.2, 0.25) is 0 Å². The van der Waals surface area contributed by atoms with E-state index in [1.165, 1.54) is 0 Å². The van der Waals surface area contributed by atoms with Gasteiger partial charge in [0.25, 0.3) is 0 Å². The first-order chi connectivity index (χ1) is 7.43. The number of carboxylic acid groups (broad SMARTS) is 1. The lowest BCUT2D eigenvalue weighted by atomic mass is 9.92. The molecule has 0 bridgehead atoms. The zero-order valence-corrected chi connectivity index (χ0v) is 10.1. The zero-order chi connectivity index (χ0) is 12.2. The summed E-state index contributed by atoms with van der Waals surface area (Å²) in [6.07, 6.45) is 3.34. The highest BCUT2D eigenvalue weighted by molar-refractivity contribution is 7.90. The van der Waals surface area contributed by atoms with Crippen LogP contribution >= 0.6 is 0 Å². The SMILES string of the molecule is CNC1CCC(NS(=O)(=O)CC(=O)O)CC1. The minimum Gasteiger partial charge on any atom is -0.480 e. The van der Waals surface area contributed by atoms with Crippen molar-refractivity contribution in [3.05, 3.63) is 0 Å². The topological polar surface area (TPSA) is 95.5 Å². The summed E-state index contributed by atoms with van der Waals surface area (Å²) in [7, 11) is -1.79. The van der Waals surface area contributed by atoms with Crippen LogP contribution < -0.4 is 10.0 Å². The second-order valence-electron chi connectivity index (χ2n) is 4.11. The van der Waals surface area contributed by atoms with E-state index in [2.05, 4.69) is 10.0 Å². The molecular weight excluding hydrogens is 232 g/mol. The molecule has 0 aliphatic heterocycles. The van der Waals surface area contributed by atoms with Gasteiger partial charge >= 0.3 is 5.97 Å². The maximum Gasteiger partial charge on any atom is 0.320 e. The Morgan fingerprint density at radius 3 is 2.19 bits per heavy atom. The van der Waals surface area contributed by atoms with Gasteiger partial charge < -0.3 is 10.4 Å². The summed E-state index contributed by atoms with van der Waals surface area (Å²) in [6, 6.07) is 0.328. The standard InChI is InChI=1S/C9H18N2O4S/c1-10-7-2-4-8(5-3-7)11-16(14,15)6-9(12)13/h7-8,10-11H,2-6H2,1H3,(H,12,13). The lowest BCUT2D eigenvalue weighted by molar-refractivity contribution is -0.134. The van der Waals surface area contributed by atoms with Crippen molar-refractivity contribution in [3.8, 4) is 0 Å². The highest BCUT2D eigenvalue weighted by atomic mass is 32.2. The predicted molar refractivity (Wildman–Crippen MR) is 59.7 cm³/mol. The van der Waals surface area contributed by atoms with Crippen LogP contribution in [-0.2, 0) is 14.8 Å². The van der Waals surface area contributed by atoms with Crippen LogP contribution in [0.25, 0.3) is 0 Å². The van der Waals surface area contributed by atoms with Gasteiger partial charge in [-0.15, -0.1) is 0 Å². The largest absolute Gasteiger partial charge is 0.480 e. The van der Waals surface area contributed by atoms with Crippen LogP contribution in [0, 0.1) is 0 Å². The molecule has 1 fully saturated rings. The van der Waals surface area contributed by atoms with Gasteiger partial charge in [-0.05, 0) is 32.7 Å². The van der Waals surface area contributed by atoms with E-state index in [1.807, 2.05) is 7.05 Å². The molecule has 0 unspecified atom stereocenters. The van der Waals surface area contributed by atoms with Crippen LogP contribution in [-0.4, -0.2) is 44.4 Å². The van der Waals surface area contributed by atoms with Crippen molar-refractivity contribution in [2.24, 2.45) is 0 Å². The Morgan fingerprint density at radius 1 is 1.25 bits per heavy atom. The number of nitrogens with one attached hydrogen (secondary N) is 2. The van der Waals surface area contributed by atoms with Gasteiger partial charge in [0.15, 0.2) is 5.75 Å². The Kier molecular flexibility index (Phi) is 4.69. The summed E-state index contributed by atoms with van der Waals surface area (Å²) in [5.74, 6) is -2.17. The fourth-order valence-corrected chi connectivity index (χ4v) is 3.11. The first-order valence-corrected chi connectivity index (χ1v) is 6.97. The van der Waals surface area contributed by atoms with Crippen molar-refractivity contribution < 1.29 is 18.3 Å². The molecule has 0 heterocycles. The third-order valence-electron chi connectivity index (χ3n) is 2.80. The van der Waals surface area contributed by atoms with E-state index in [1.54, 1.807) is 0 Å². The Bertz CT molecular complexity index is 333. The number of sulfonamides is 1. The van der Waals surface area contributed by atoms with Crippen LogP contribution in [0.1, 0.15) is 25.7 Å². The third kappa shape index (κ3) is 4.46. The molecule has 0 aromatic rings. The van der Waals surface area contributed by atoms with E-state index in [9.17, 15) is 13.2 Å². The summed E-state index contributed by atoms with van der Waals surface area (Å²) < 4.78 is 25.1. The molecule has 1 saturated carbocycles. The summed E-state index contributed by atoms with van der Waals surface area (Å²) in [5.41, 5.74) is 0. The monoisotopic (exact) mass is 250 g/mol. The Balaban J connectivity index is 2.41. The average Bonchev–Trinajstić information content (AvgIpc) is 2.16. The molecule has 1 aliphatic rings. The van der Waals surface area contributed by atoms with E-state index in [0.717, 1.165) is 25.7 Å². The lowest BCUT2D eigenvalue weighted by Gasteiger charge is -2.28. The summed E-state index contributed by atoms with van der Waals surface area (Å²) in [5, 5.41) is 11.6. The van der Waals surface area contributed by atoms with Crippen molar-refractivity contribution in [1.29, 1.82) is 0 Å². The van der Waals surface area contributed by atoms with Crippen LogP contribution in [0.3, 0.4) is 0 Å². The molecule has 0 aromatic heterocycles. The van der Waals surface area contributed by atoms with Gasteiger partial charge in [0, 0.05) is 12.1 Å². The molecule has 1 aliphatic carbocycles. The van der Waals surface area contributed by atoms with Crippen molar-refractivity contribution in [2.45, 2.75) is 37.8 Å². The van der Waals surface area contributed by atoms with Crippen LogP contribution in [0.15, 0.2) is 0 Å². The number of hydrogen-bond donors (Lipinski definition) is 3. The molecule has 3 N–H and O–H groups in total. The molecular formula is C9H18N2O4S. The first kappa shape index (κ1) is 13.4. The number of carbonyl (C=O) groups is 1. The maximum absolute atomic E-state index is 11.4. The third-order valence-corrected chi connectivity index (χ3v) is 4.11. The molecule has 16 heavy (non-hydrogen) atoms. The fraction of sp³-hybridized carbons (Fsp3) is 0.889. The van der Waals surface area contributed by atoms with Gasteiger partial charge in [-0.1, -0.05) is 0 Å². The second kappa shape index (κ2) is 5.60. The van der Waals surface area contributed by atoms with E-state index in [4.69, 9.17) is 5.11 Å². The molecule has 0 radical (unpaired) electrons. The number of hydrogen-bond acceptors (Lipinski definition) is 4. The minimum absolute atomic E-state index is 0.117. The van der Waals surface area contributed by atoms with Gasteiger partial charge in [0.2, 0.25) is 10.0 Å². The highest BCUT2D eigenvalue weighted by Crippen LogP contribution is 2.18. The Hall–Kier alpha value is -0.660. The predicted octanol–water partition coefficient (Wildman–Crippen LogP) is -0.479. The van der Waals surface area contributed by atoms with Gasteiger partial charge in [0.1, 0.15) is 0 Å². The first-order valence-electron chi connectivity index (χ1n) is 5.32. The molecule has 1 rings (SSSR count). The van der Waals surface area contributed by atoms with E-state index >= 15 is 0 Å². The normalized spacial score (nSPS) is 26.6. The number of rotatable bonds is 5. The summed E-state index contributed by atoms with van der Waals surface area (Å²) in [4.78, 5) is 10.3. The fourth-order valence-electron chi connectivity index (χ4n) is 1.96. The number of carboxylic acids is 1. The summed E-state index contributed by atoms with van der Waals surface area (Å²) >= 11 is 0. The molecule has 0 atom stereocenters. The minimum atomic E-state index is -3.67. The second-order valence-corrected chi connectivity index (χ2v) is 5.86. The molecule has 7 heteroatoms. The lowest BCUT2D eigenvalue weighted by Crippen LogP contribution is -2.43. The van der Waals surface area contributed by atoms with Crippen LogP contribution in [0.5, 0.6) is 0 Å². The van der Waals surface area contributed by atoms with Crippen molar-refractivity contribution in [1.82, 2.24) is 10.0 Å². The van der Waals surface area contributed by atoms with Gasteiger partial charge in [-0.3, -0.25) is 4.79 Å². The zero-order valence-electron chi connectivity index (χ0n) is 9.27. The number of aliphatic carboxylic acids is 1. The van der Waals surface area contributed by atoms with Gasteiger partial charge in [-0.2, -0.15) is 0 Å². The molecule has 0 spiro atoms. The van der Waals surface area contributed by atoms with Gasteiger partial charge in [0.05, 0.1) is 0 Å². The quantitative estimate of drug-likeness (QED) is 0.612. The molecule has 94 valence electrons. The van der Waals surface area contributed by atoms with E-state index in [0.29, 0.717) is 6.04 Å². The maximum atomic E-state index is 11.4. The van der Waals surface area contributed by atoms with Gasteiger partial charge in [-0.25, -0.2) is 13.1 Å².